The third-order valence-electron chi connectivity index (χ3n) is 3.50. The van der Waals surface area contributed by atoms with Gasteiger partial charge in [0.1, 0.15) is 0 Å². The van der Waals surface area contributed by atoms with Crippen LogP contribution in [0.4, 0.5) is 0 Å². The minimum atomic E-state index is 0.213. The van der Waals surface area contributed by atoms with Crippen molar-refractivity contribution in [2.75, 3.05) is 7.11 Å². The molecule has 3 nitrogen and oxygen atoms in total. The Balaban J connectivity index is 1.85. The molecule has 0 unspecified atom stereocenters. The van der Waals surface area contributed by atoms with E-state index in [0.29, 0.717) is 13.2 Å². The number of methoxy groups -OCH3 is 1. The lowest BCUT2D eigenvalue weighted by Crippen LogP contribution is -2.28. The van der Waals surface area contributed by atoms with E-state index in [9.17, 15) is 4.79 Å². The van der Waals surface area contributed by atoms with Gasteiger partial charge in [-0.15, -0.1) is 0 Å². The second-order valence-corrected chi connectivity index (χ2v) is 4.95. The van der Waals surface area contributed by atoms with Crippen LogP contribution in [0.2, 0.25) is 0 Å². The average molecular weight is 247 g/mol. The Kier molecular flexibility index (Phi) is 4.76. The van der Waals surface area contributed by atoms with Crippen molar-refractivity contribution >= 4 is 5.91 Å². The van der Waals surface area contributed by atoms with Gasteiger partial charge in [-0.05, 0) is 24.0 Å². The molecule has 1 saturated carbocycles. The van der Waals surface area contributed by atoms with Crippen LogP contribution in [0.15, 0.2) is 24.3 Å². The first kappa shape index (κ1) is 13.1. The van der Waals surface area contributed by atoms with Gasteiger partial charge in [-0.1, -0.05) is 37.1 Å². The standard InChI is InChI=1S/C15H21NO2/c1-18-11-13-6-4-5-12(9-13)10-16-15(17)14-7-2-3-8-14/h4-6,9,14H,2-3,7-8,10-11H2,1H3,(H,16,17). The van der Waals surface area contributed by atoms with Crippen molar-refractivity contribution in [3.8, 4) is 0 Å². The number of ether oxygens (including phenoxy) is 1. The monoisotopic (exact) mass is 247 g/mol. The normalized spacial score (nSPS) is 15.8. The van der Waals surface area contributed by atoms with Gasteiger partial charge in [-0.2, -0.15) is 0 Å². The number of nitrogens with one attached hydrogen (secondary N) is 1. The van der Waals surface area contributed by atoms with E-state index in [1.165, 1.54) is 12.8 Å². The molecule has 1 N–H and O–H groups in total. The molecule has 1 aromatic rings. The molecule has 1 fully saturated rings. The Labute approximate surface area is 109 Å². The molecule has 98 valence electrons. The lowest BCUT2D eigenvalue weighted by atomic mass is 10.1. The van der Waals surface area contributed by atoms with E-state index in [4.69, 9.17) is 4.74 Å². The zero-order valence-electron chi connectivity index (χ0n) is 10.9. The van der Waals surface area contributed by atoms with Gasteiger partial charge in [-0.25, -0.2) is 0 Å². The smallest absolute Gasteiger partial charge is 0.223 e. The minimum absolute atomic E-state index is 0.213. The number of benzene rings is 1. The van der Waals surface area contributed by atoms with Crippen LogP contribution in [0.5, 0.6) is 0 Å². The van der Waals surface area contributed by atoms with E-state index in [1.54, 1.807) is 7.11 Å². The van der Waals surface area contributed by atoms with Crippen LogP contribution in [-0.2, 0) is 22.7 Å². The molecule has 1 amide bonds. The third-order valence-corrected chi connectivity index (χ3v) is 3.50. The zero-order valence-corrected chi connectivity index (χ0v) is 10.9. The Bertz CT molecular complexity index is 397. The lowest BCUT2D eigenvalue weighted by Gasteiger charge is -2.11. The summed E-state index contributed by atoms with van der Waals surface area (Å²) in [6.45, 7) is 1.23. The van der Waals surface area contributed by atoms with Crippen molar-refractivity contribution in [2.45, 2.75) is 38.8 Å². The van der Waals surface area contributed by atoms with Crippen LogP contribution in [-0.4, -0.2) is 13.0 Å². The predicted octanol–water partition coefficient (Wildman–Crippen LogP) is 2.64. The van der Waals surface area contributed by atoms with Gasteiger partial charge in [0.2, 0.25) is 5.91 Å². The molecule has 1 aliphatic rings. The minimum Gasteiger partial charge on any atom is -0.380 e. The second-order valence-electron chi connectivity index (χ2n) is 4.95. The molecule has 0 saturated heterocycles. The average Bonchev–Trinajstić information content (AvgIpc) is 2.91. The highest BCUT2D eigenvalue weighted by Crippen LogP contribution is 2.24. The topological polar surface area (TPSA) is 38.3 Å². The van der Waals surface area contributed by atoms with Crippen LogP contribution in [0, 0.1) is 5.92 Å². The molecular weight excluding hydrogens is 226 g/mol. The van der Waals surface area contributed by atoms with Crippen molar-refractivity contribution < 1.29 is 9.53 Å². The van der Waals surface area contributed by atoms with E-state index < -0.39 is 0 Å². The molecule has 1 aliphatic carbocycles. The summed E-state index contributed by atoms with van der Waals surface area (Å²) >= 11 is 0. The third kappa shape index (κ3) is 3.57. The fourth-order valence-corrected chi connectivity index (χ4v) is 2.52. The highest BCUT2D eigenvalue weighted by atomic mass is 16.5. The Morgan fingerprint density at radius 1 is 1.33 bits per heavy atom. The number of carbonyl (C=O) groups excluding carboxylic acids is 1. The predicted molar refractivity (Wildman–Crippen MR) is 71.0 cm³/mol. The van der Waals surface area contributed by atoms with Gasteiger partial charge in [0.05, 0.1) is 6.61 Å². The summed E-state index contributed by atoms with van der Waals surface area (Å²) in [5.41, 5.74) is 2.28. The van der Waals surface area contributed by atoms with Gasteiger partial charge in [0.15, 0.2) is 0 Å². The highest BCUT2D eigenvalue weighted by Gasteiger charge is 2.21. The van der Waals surface area contributed by atoms with Gasteiger partial charge in [-0.3, -0.25) is 4.79 Å². The summed E-state index contributed by atoms with van der Waals surface area (Å²) in [5, 5.41) is 3.03. The van der Waals surface area contributed by atoms with Gasteiger partial charge in [0, 0.05) is 19.6 Å². The largest absolute Gasteiger partial charge is 0.380 e. The van der Waals surface area contributed by atoms with E-state index in [1.807, 2.05) is 18.2 Å². The maximum absolute atomic E-state index is 11.9. The maximum atomic E-state index is 11.9. The first-order valence-electron chi connectivity index (χ1n) is 6.64. The summed E-state index contributed by atoms with van der Waals surface area (Å²) in [7, 11) is 1.69. The summed E-state index contributed by atoms with van der Waals surface area (Å²) in [5.74, 6) is 0.455. The Hall–Kier alpha value is -1.35. The molecule has 0 aliphatic heterocycles. The maximum Gasteiger partial charge on any atom is 0.223 e. The van der Waals surface area contributed by atoms with Crippen molar-refractivity contribution in [1.29, 1.82) is 0 Å². The lowest BCUT2D eigenvalue weighted by molar-refractivity contribution is -0.124. The van der Waals surface area contributed by atoms with Crippen LogP contribution >= 0.6 is 0 Å². The van der Waals surface area contributed by atoms with Crippen molar-refractivity contribution in [3.63, 3.8) is 0 Å². The molecular formula is C15H21NO2. The molecule has 3 heteroatoms. The van der Waals surface area contributed by atoms with Gasteiger partial charge in [0.25, 0.3) is 0 Å². The molecule has 0 heterocycles. The summed E-state index contributed by atoms with van der Waals surface area (Å²) in [6, 6.07) is 8.16. The number of hydrogen-bond acceptors (Lipinski definition) is 2. The van der Waals surface area contributed by atoms with Crippen molar-refractivity contribution in [2.24, 2.45) is 5.92 Å². The summed E-state index contributed by atoms with van der Waals surface area (Å²) in [6.07, 6.45) is 4.49. The molecule has 0 atom stereocenters. The van der Waals surface area contributed by atoms with E-state index >= 15 is 0 Å². The number of amides is 1. The Morgan fingerprint density at radius 3 is 2.78 bits per heavy atom. The fraction of sp³-hybridized carbons (Fsp3) is 0.533. The summed E-state index contributed by atoms with van der Waals surface area (Å²) < 4.78 is 5.10. The van der Waals surface area contributed by atoms with E-state index in [0.717, 1.165) is 24.0 Å². The zero-order chi connectivity index (χ0) is 12.8. The second kappa shape index (κ2) is 6.55. The van der Waals surface area contributed by atoms with Crippen molar-refractivity contribution in [3.05, 3.63) is 35.4 Å². The fourth-order valence-electron chi connectivity index (χ4n) is 2.52. The first-order valence-corrected chi connectivity index (χ1v) is 6.64. The molecule has 0 spiro atoms. The summed E-state index contributed by atoms with van der Waals surface area (Å²) in [4.78, 5) is 11.9. The molecule has 0 bridgehead atoms. The molecule has 2 rings (SSSR count). The van der Waals surface area contributed by atoms with E-state index in [2.05, 4.69) is 11.4 Å². The number of hydrogen-bond donors (Lipinski definition) is 1. The highest BCUT2D eigenvalue weighted by molar-refractivity contribution is 5.78. The van der Waals surface area contributed by atoms with Gasteiger partial charge < -0.3 is 10.1 Å². The quantitative estimate of drug-likeness (QED) is 0.868. The van der Waals surface area contributed by atoms with Crippen LogP contribution in [0.25, 0.3) is 0 Å². The van der Waals surface area contributed by atoms with E-state index in [-0.39, 0.29) is 11.8 Å². The van der Waals surface area contributed by atoms with Crippen LogP contribution < -0.4 is 5.32 Å². The molecule has 0 aromatic heterocycles. The first-order chi connectivity index (χ1) is 8.79. The number of rotatable bonds is 5. The van der Waals surface area contributed by atoms with Crippen LogP contribution in [0.3, 0.4) is 0 Å². The van der Waals surface area contributed by atoms with Crippen molar-refractivity contribution in [1.82, 2.24) is 5.32 Å². The Morgan fingerprint density at radius 2 is 2.06 bits per heavy atom. The SMILES string of the molecule is COCc1cccc(CNC(=O)C2CCCC2)c1. The van der Waals surface area contributed by atoms with Crippen LogP contribution in [0.1, 0.15) is 36.8 Å². The molecule has 18 heavy (non-hydrogen) atoms. The van der Waals surface area contributed by atoms with Gasteiger partial charge >= 0.3 is 0 Å². The molecule has 0 radical (unpaired) electrons. The molecule has 1 aromatic carbocycles. The number of carbonyl (C=O) groups is 1.